The number of nitrogens with one attached hydrogen (secondary N) is 1. The summed E-state index contributed by atoms with van der Waals surface area (Å²) in [6.45, 7) is 2.14. The molecule has 2 aromatic carbocycles. The van der Waals surface area contributed by atoms with Crippen LogP contribution in [0.1, 0.15) is 31.2 Å². The van der Waals surface area contributed by atoms with E-state index in [1.165, 1.54) is 47.1 Å². The first-order chi connectivity index (χ1) is 18.7. The third-order valence-electron chi connectivity index (χ3n) is 6.86. The summed E-state index contributed by atoms with van der Waals surface area (Å²) in [5.74, 6) is 0.328. The number of rotatable bonds is 10. The molecule has 2 aliphatic rings. The predicted octanol–water partition coefficient (Wildman–Crippen LogP) is 2.47. The van der Waals surface area contributed by atoms with Crippen LogP contribution in [0.2, 0.25) is 0 Å². The summed E-state index contributed by atoms with van der Waals surface area (Å²) >= 11 is 0. The van der Waals surface area contributed by atoms with Gasteiger partial charge in [0.25, 0.3) is 0 Å². The molecule has 0 atom stereocenters. The van der Waals surface area contributed by atoms with Crippen LogP contribution >= 0.6 is 0 Å². The summed E-state index contributed by atoms with van der Waals surface area (Å²) in [7, 11) is -4.60. The van der Waals surface area contributed by atoms with Crippen LogP contribution in [0, 0.1) is 0 Å². The van der Waals surface area contributed by atoms with Gasteiger partial charge in [-0.05, 0) is 61.2 Å². The van der Waals surface area contributed by atoms with Crippen molar-refractivity contribution >= 4 is 31.6 Å². The zero-order valence-electron chi connectivity index (χ0n) is 22.2. The molecule has 214 valence electrons. The first-order valence-corrected chi connectivity index (χ1v) is 15.8. The minimum absolute atomic E-state index is 0.00684. The van der Waals surface area contributed by atoms with Gasteiger partial charge in [-0.15, -0.1) is 0 Å². The molecule has 0 bridgehead atoms. The van der Waals surface area contributed by atoms with Crippen LogP contribution in [0.5, 0.6) is 11.5 Å². The predicted molar refractivity (Wildman–Crippen MR) is 145 cm³/mol. The molecule has 0 aromatic heterocycles. The molecule has 1 amide bonds. The third kappa shape index (κ3) is 6.72. The van der Waals surface area contributed by atoms with Crippen molar-refractivity contribution in [2.24, 2.45) is 0 Å². The number of methoxy groups -OCH3 is 2. The highest BCUT2D eigenvalue weighted by Crippen LogP contribution is 2.31. The van der Waals surface area contributed by atoms with Crippen LogP contribution in [-0.2, 0) is 36.0 Å². The largest absolute Gasteiger partial charge is 0.496 e. The van der Waals surface area contributed by atoms with Gasteiger partial charge in [-0.1, -0.05) is 6.42 Å². The summed E-state index contributed by atoms with van der Waals surface area (Å²) in [4.78, 5) is 13.0. The van der Waals surface area contributed by atoms with E-state index in [4.69, 9.17) is 14.2 Å². The highest BCUT2D eigenvalue weighted by Gasteiger charge is 2.30. The van der Waals surface area contributed by atoms with Gasteiger partial charge in [0.1, 0.15) is 16.4 Å². The molecule has 11 nitrogen and oxygen atoms in total. The zero-order valence-corrected chi connectivity index (χ0v) is 23.9. The van der Waals surface area contributed by atoms with Crippen molar-refractivity contribution in [2.45, 2.75) is 41.9 Å². The number of ether oxygens (including phenoxy) is 3. The molecule has 2 heterocycles. The standard InChI is InChI=1S/C26H35N3O8S2/c1-35-23-10-8-22(38(31,32)29-14-16-37-17-15-29)18-20(23)6-11-26(30)27-21-7-9-24(36-2)25(19-21)39(33,34)28-12-4-3-5-13-28/h7-10,18-19H,3-6,11-17H2,1-2H3,(H,27,30). The van der Waals surface area contributed by atoms with Gasteiger partial charge in [0.15, 0.2) is 0 Å². The number of amides is 1. The molecule has 2 aromatic rings. The van der Waals surface area contributed by atoms with Crippen LogP contribution in [0.4, 0.5) is 5.69 Å². The molecule has 0 radical (unpaired) electrons. The molecule has 13 heteroatoms. The van der Waals surface area contributed by atoms with Gasteiger partial charge in [-0.2, -0.15) is 8.61 Å². The number of nitrogens with zero attached hydrogens (tertiary/aromatic N) is 2. The first-order valence-electron chi connectivity index (χ1n) is 12.9. The van der Waals surface area contributed by atoms with E-state index in [0.29, 0.717) is 43.3 Å². The Morgan fingerprint density at radius 3 is 2.15 bits per heavy atom. The van der Waals surface area contributed by atoms with Crippen LogP contribution in [-0.4, -0.2) is 85.0 Å². The molecule has 0 spiro atoms. The lowest BCUT2D eigenvalue weighted by atomic mass is 10.1. The molecular formula is C26H35N3O8S2. The first kappa shape index (κ1) is 29.3. The van der Waals surface area contributed by atoms with E-state index in [1.807, 2.05) is 0 Å². The normalized spacial score (nSPS) is 17.5. The van der Waals surface area contributed by atoms with E-state index in [2.05, 4.69) is 5.32 Å². The quantitative estimate of drug-likeness (QED) is 0.453. The van der Waals surface area contributed by atoms with E-state index in [1.54, 1.807) is 12.1 Å². The molecule has 2 aliphatic heterocycles. The van der Waals surface area contributed by atoms with Gasteiger partial charge in [-0.3, -0.25) is 4.79 Å². The highest BCUT2D eigenvalue weighted by molar-refractivity contribution is 7.89. The average molecular weight is 582 g/mol. The second-order valence-corrected chi connectivity index (χ2v) is 13.2. The van der Waals surface area contributed by atoms with Gasteiger partial charge in [0, 0.05) is 38.3 Å². The van der Waals surface area contributed by atoms with Crippen LogP contribution in [0.3, 0.4) is 0 Å². The van der Waals surface area contributed by atoms with E-state index in [0.717, 1.165) is 19.3 Å². The van der Waals surface area contributed by atoms with E-state index < -0.39 is 20.0 Å². The second-order valence-electron chi connectivity index (χ2n) is 9.37. The Hall–Kier alpha value is -2.71. The van der Waals surface area contributed by atoms with Crippen molar-refractivity contribution in [3.8, 4) is 11.5 Å². The molecular weight excluding hydrogens is 546 g/mol. The van der Waals surface area contributed by atoms with E-state index in [9.17, 15) is 21.6 Å². The molecule has 1 N–H and O–H groups in total. The van der Waals surface area contributed by atoms with Crippen molar-refractivity contribution in [2.75, 3.05) is 58.9 Å². The summed E-state index contributed by atoms with van der Waals surface area (Å²) < 4.78 is 71.5. The molecule has 0 aliphatic carbocycles. The Morgan fingerprint density at radius 2 is 1.49 bits per heavy atom. The minimum atomic E-state index is -3.78. The maximum absolute atomic E-state index is 13.3. The van der Waals surface area contributed by atoms with Crippen LogP contribution in [0.25, 0.3) is 0 Å². The van der Waals surface area contributed by atoms with Crippen molar-refractivity contribution < 1.29 is 35.8 Å². The maximum Gasteiger partial charge on any atom is 0.246 e. The summed E-state index contributed by atoms with van der Waals surface area (Å²) in [5, 5.41) is 2.75. The lowest BCUT2D eigenvalue weighted by Gasteiger charge is -2.26. The fraction of sp³-hybridized carbons (Fsp3) is 0.500. The van der Waals surface area contributed by atoms with E-state index in [-0.39, 0.29) is 47.4 Å². The van der Waals surface area contributed by atoms with Gasteiger partial charge in [0.05, 0.1) is 32.3 Å². The number of sulfonamides is 2. The number of anilines is 1. The lowest BCUT2D eigenvalue weighted by Crippen LogP contribution is -2.40. The van der Waals surface area contributed by atoms with Crippen molar-refractivity contribution in [1.29, 1.82) is 0 Å². The number of morpholine rings is 1. The second kappa shape index (κ2) is 12.6. The number of hydrogen-bond acceptors (Lipinski definition) is 8. The third-order valence-corrected chi connectivity index (χ3v) is 10.7. The van der Waals surface area contributed by atoms with Gasteiger partial charge in [-0.25, -0.2) is 16.8 Å². The summed E-state index contributed by atoms with van der Waals surface area (Å²) in [6.07, 6.45) is 2.84. The monoisotopic (exact) mass is 581 g/mol. The van der Waals surface area contributed by atoms with Crippen LogP contribution < -0.4 is 14.8 Å². The summed E-state index contributed by atoms with van der Waals surface area (Å²) in [5.41, 5.74) is 0.900. The maximum atomic E-state index is 13.3. The Bertz CT molecular complexity index is 1380. The topological polar surface area (TPSA) is 132 Å². The average Bonchev–Trinajstić information content (AvgIpc) is 2.96. The van der Waals surface area contributed by atoms with Crippen molar-refractivity contribution in [3.05, 3.63) is 42.0 Å². The molecule has 2 saturated heterocycles. The zero-order chi connectivity index (χ0) is 28.0. The Morgan fingerprint density at radius 1 is 0.846 bits per heavy atom. The number of piperidine rings is 1. The highest BCUT2D eigenvalue weighted by atomic mass is 32.2. The Kier molecular flexibility index (Phi) is 9.49. The number of carbonyl (C=O) groups excluding carboxylic acids is 1. The van der Waals surface area contributed by atoms with Crippen molar-refractivity contribution in [3.63, 3.8) is 0 Å². The molecule has 0 unspecified atom stereocenters. The number of hydrogen-bond donors (Lipinski definition) is 1. The number of aryl methyl sites for hydroxylation is 1. The molecule has 2 fully saturated rings. The van der Waals surface area contributed by atoms with Gasteiger partial charge in [0.2, 0.25) is 26.0 Å². The number of benzene rings is 2. The van der Waals surface area contributed by atoms with Gasteiger partial charge >= 0.3 is 0 Å². The summed E-state index contributed by atoms with van der Waals surface area (Å²) in [6, 6.07) is 9.14. The Balaban J connectivity index is 1.48. The smallest absolute Gasteiger partial charge is 0.246 e. The van der Waals surface area contributed by atoms with E-state index >= 15 is 0 Å². The SMILES string of the molecule is COc1ccc(S(=O)(=O)N2CCOCC2)cc1CCC(=O)Nc1ccc(OC)c(S(=O)(=O)N2CCCCC2)c1. The Labute approximate surface area is 230 Å². The molecule has 4 rings (SSSR count). The fourth-order valence-electron chi connectivity index (χ4n) is 4.72. The fourth-order valence-corrected chi connectivity index (χ4v) is 7.88. The number of carbonyl (C=O) groups is 1. The lowest BCUT2D eigenvalue weighted by molar-refractivity contribution is -0.116. The van der Waals surface area contributed by atoms with Crippen molar-refractivity contribution in [1.82, 2.24) is 8.61 Å². The minimum Gasteiger partial charge on any atom is -0.496 e. The molecule has 39 heavy (non-hydrogen) atoms. The van der Waals surface area contributed by atoms with Crippen LogP contribution in [0.15, 0.2) is 46.2 Å². The molecule has 0 saturated carbocycles. The van der Waals surface area contributed by atoms with Gasteiger partial charge < -0.3 is 19.5 Å².